The van der Waals surface area contributed by atoms with Gasteiger partial charge in [0.15, 0.2) is 6.10 Å². The highest BCUT2D eigenvalue weighted by molar-refractivity contribution is 5.29. The molecular formula is C12H15F3O. The van der Waals surface area contributed by atoms with Crippen LogP contribution in [0.3, 0.4) is 0 Å². The Morgan fingerprint density at radius 1 is 1.06 bits per heavy atom. The number of hydrogen-bond donors (Lipinski definition) is 1. The van der Waals surface area contributed by atoms with Gasteiger partial charge in [-0.2, -0.15) is 13.2 Å². The van der Waals surface area contributed by atoms with E-state index in [4.69, 9.17) is 0 Å². The summed E-state index contributed by atoms with van der Waals surface area (Å²) in [6.45, 7) is 4.63. The van der Waals surface area contributed by atoms with E-state index >= 15 is 0 Å². The quantitative estimate of drug-likeness (QED) is 0.830. The normalized spacial score (nSPS) is 14.9. The molecule has 4 heteroatoms. The Balaban J connectivity index is 3.06. The minimum Gasteiger partial charge on any atom is -0.383 e. The van der Waals surface area contributed by atoms with Gasteiger partial charge in [-0.3, -0.25) is 0 Å². The van der Waals surface area contributed by atoms with Crippen LogP contribution >= 0.6 is 0 Å². The van der Waals surface area contributed by atoms with Gasteiger partial charge in [-0.1, -0.05) is 43.7 Å². The smallest absolute Gasteiger partial charge is 0.383 e. The zero-order valence-corrected chi connectivity index (χ0v) is 9.47. The van der Waals surface area contributed by atoms with Crippen LogP contribution in [-0.2, 0) is 5.41 Å². The highest BCUT2D eigenvalue weighted by Crippen LogP contribution is 2.36. The number of aliphatic hydroxyl groups is 1. The fourth-order valence-electron chi connectivity index (χ4n) is 1.55. The number of halogens is 3. The molecule has 0 heterocycles. The first-order chi connectivity index (χ1) is 7.15. The van der Waals surface area contributed by atoms with E-state index in [1.807, 2.05) is 6.92 Å². The topological polar surface area (TPSA) is 20.2 Å². The van der Waals surface area contributed by atoms with E-state index < -0.39 is 17.7 Å². The molecule has 1 nitrogen and oxygen atoms in total. The van der Waals surface area contributed by atoms with Crippen molar-refractivity contribution in [2.24, 2.45) is 0 Å². The van der Waals surface area contributed by atoms with Crippen molar-refractivity contribution in [3.8, 4) is 0 Å². The Hall–Kier alpha value is -1.03. The zero-order valence-electron chi connectivity index (χ0n) is 9.47. The number of rotatable bonds is 2. The Bertz CT molecular complexity index is 352. The third kappa shape index (κ3) is 2.55. The van der Waals surface area contributed by atoms with E-state index in [1.54, 1.807) is 24.3 Å². The Kier molecular flexibility index (Phi) is 3.33. The highest BCUT2D eigenvalue weighted by atomic mass is 19.4. The lowest BCUT2D eigenvalue weighted by molar-refractivity contribution is -0.221. The van der Waals surface area contributed by atoms with Gasteiger partial charge in [0.2, 0.25) is 0 Å². The van der Waals surface area contributed by atoms with Gasteiger partial charge in [-0.15, -0.1) is 0 Å². The Morgan fingerprint density at radius 3 is 1.88 bits per heavy atom. The summed E-state index contributed by atoms with van der Waals surface area (Å²) in [5.74, 6) is 0. The lowest BCUT2D eigenvalue weighted by Crippen LogP contribution is -2.44. The predicted octanol–water partition coefficient (Wildman–Crippen LogP) is 3.20. The molecule has 1 aromatic rings. The molecule has 0 aliphatic carbocycles. The van der Waals surface area contributed by atoms with Crippen LogP contribution in [0.5, 0.6) is 0 Å². The summed E-state index contributed by atoms with van der Waals surface area (Å²) >= 11 is 0. The molecule has 0 spiro atoms. The first kappa shape index (κ1) is 13.0. The first-order valence-electron chi connectivity index (χ1n) is 4.97. The van der Waals surface area contributed by atoms with Gasteiger partial charge in [-0.05, 0) is 12.5 Å². The maximum atomic E-state index is 12.5. The lowest BCUT2D eigenvalue weighted by Gasteiger charge is -2.32. The van der Waals surface area contributed by atoms with Crippen LogP contribution in [0.25, 0.3) is 0 Å². The Labute approximate surface area is 92.9 Å². The number of benzene rings is 1. The van der Waals surface area contributed by atoms with Crippen LogP contribution in [0.4, 0.5) is 13.2 Å². The summed E-state index contributed by atoms with van der Waals surface area (Å²) in [4.78, 5) is 0. The van der Waals surface area contributed by atoms with Crippen molar-refractivity contribution in [2.75, 3.05) is 0 Å². The summed E-state index contributed by atoms with van der Waals surface area (Å²) in [5.41, 5.74) is 0.107. The number of alkyl halides is 3. The van der Waals surface area contributed by atoms with Gasteiger partial charge < -0.3 is 5.11 Å². The third-order valence-corrected chi connectivity index (χ3v) is 2.79. The average molecular weight is 232 g/mol. The van der Waals surface area contributed by atoms with Crippen LogP contribution < -0.4 is 0 Å². The van der Waals surface area contributed by atoms with E-state index in [0.717, 1.165) is 5.56 Å². The second-order valence-corrected chi connectivity index (χ2v) is 4.53. The summed E-state index contributed by atoms with van der Waals surface area (Å²) < 4.78 is 37.4. The van der Waals surface area contributed by atoms with Crippen LogP contribution in [-0.4, -0.2) is 17.4 Å². The van der Waals surface area contributed by atoms with Crippen LogP contribution in [0.1, 0.15) is 25.0 Å². The molecule has 16 heavy (non-hydrogen) atoms. The van der Waals surface area contributed by atoms with Gasteiger partial charge in [0, 0.05) is 5.41 Å². The second kappa shape index (κ2) is 4.09. The molecule has 0 saturated heterocycles. The fraction of sp³-hybridized carbons (Fsp3) is 0.500. The molecule has 1 N–H and O–H groups in total. The third-order valence-electron chi connectivity index (χ3n) is 2.79. The minimum absolute atomic E-state index is 0.475. The molecule has 0 amide bonds. The monoisotopic (exact) mass is 232 g/mol. The second-order valence-electron chi connectivity index (χ2n) is 4.53. The van der Waals surface area contributed by atoms with Crippen molar-refractivity contribution in [1.82, 2.24) is 0 Å². The summed E-state index contributed by atoms with van der Waals surface area (Å²) in [6, 6.07) is 6.70. The zero-order chi connectivity index (χ0) is 12.6. The number of aryl methyl sites for hydroxylation is 1. The molecule has 1 rings (SSSR count). The fourth-order valence-corrected chi connectivity index (χ4v) is 1.55. The molecule has 0 fully saturated rings. The minimum atomic E-state index is -4.60. The number of aliphatic hydroxyl groups excluding tert-OH is 1. The standard InChI is InChI=1S/C12H15F3O/c1-8-4-6-9(7-5-8)11(2,3)10(16)12(13,14)15/h4-7,10,16H,1-3H3/t10-/m0/s1. The van der Waals surface area contributed by atoms with Gasteiger partial charge >= 0.3 is 6.18 Å². The van der Waals surface area contributed by atoms with E-state index in [0.29, 0.717) is 5.56 Å². The van der Waals surface area contributed by atoms with Crippen molar-refractivity contribution in [2.45, 2.75) is 38.5 Å². The lowest BCUT2D eigenvalue weighted by atomic mass is 9.79. The highest BCUT2D eigenvalue weighted by Gasteiger charge is 2.48. The van der Waals surface area contributed by atoms with Crippen molar-refractivity contribution in [1.29, 1.82) is 0 Å². The van der Waals surface area contributed by atoms with Gasteiger partial charge in [0.25, 0.3) is 0 Å². The maximum Gasteiger partial charge on any atom is 0.415 e. The summed E-state index contributed by atoms with van der Waals surface area (Å²) in [5, 5.41) is 9.31. The van der Waals surface area contributed by atoms with Crippen molar-refractivity contribution >= 4 is 0 Å². The van der Waals surface area contributed by atoms with Crippen molar-refractivity contribution in [3.63, 3.8) is 0 Å². The molecular weight excluding hydrogens is 217 g/mol. The molecule has 0 aromatic heterocycles. The van der Waals surface area contributed by atoms with E-state index in [9.17, 15) is 18.3 Å². The van der Waals surface area contributed by atoms with Crippen molar-refractivity contribution in [3.05, 3.63) is 35.4 Å². The van der Waals surface area contributed by atoms with E-state index in [1.165, 1.54) is 13.8 Å². The van der Waals surface area contributed by atoms with Crippen molar-refractivity contribution < 1.29 is 18.3 Å². The first-order valence-corrected chi connectivity index (χ1v) is 4.97. The Morgan fingerprint density at radius 2 is 1.50 bits per heavy atom. The van der Waals surface area contributed by atoms with Crippen LogP contribution in [0, 0.1) is 6.92 Å². The average Bonchev–Trinajstić information content (AvgIpc) is 2.16. The molecule has 0 unspecified atom stereocenters. The van der Waals surface area contributed by atoms with E-state index in [-0.39, 0.29) is 0 Å². The SMILES string of the molecule is Cc1ccc(C(C)(C)[C@H](O)C(F)(F)F)cc1. The maximum absolute atomic E-state index is 12.5. The van der Waals surface area contributed by atoms with Gasteiger partial charge in [0.05, 0.1) is 0 Å². The summed E-state index contributed by atoms with van der Waals surface area (Å²) in [6.07, 6.45) is -6.96. The van der Waals surface area contributed by atoms with Gasteiger partial charge in [0.1, 0.15) is 0 Å². The van der Waals surface area contributed by atoms with E-state index in [2.05, 4.69) is 0 Å². The van der Waals surface area contributed by atoms with Gasteiger partial charge in [-0.25, -0.2) is 0 Å². The molecule has 1 aromatic carbocycles. The largest absolute Gasteiger partial charge is 0.415 e. The molecule has 0 saturated carbocycles. The molecule has 90 valence electrons. The molecule has 0 aliphatic rings. The molecule has 0 aliphatic heterocycles. The van der Waals surface area contributed by atoms with Crippen LogP contribution in [0.2, 0.25) is 0 Å². The summed E-state index contributed by atoms with van der Waals surface area (Å²) in [7, 11) is 0. The number of hydrogen-bond acceptors (Lipinski definition) is 1. The van der Waals surface area contributed by atoms with Crippen LogP contribution in [0.15, 0.2) is 24.3 Å². The predicted molar refractivity (Wildman–Crippen MR) is 56.3 cm³/mol. The molecule has 0 radical (unpaired) electrons. The molecule has 1 atom stereocenters. The molecule has 0 bridgehead atoms.